The average Bonchev–Trinajstić information content (AvgIpc) is 2.98. The largest absolute Gasteiger partial charge is 0.398 e. The molecule has 2 aromatic carbocycles. The summed E-state index contributed by atoms with van der Waals surface area (Å²) in [5, 5.41) is 0. The minimum Gasteiger partial charge on any atom is -0.398 e. The van der Waals surface area contributed by atoms with Crippen molar-refractivity contribution in [2.24, 2.45) is 5.92 Å². The molecule has 1 heterocycles. The second kappa shape index (κ2) is 5.60. The maximum atomic E-state index is 6.64. The molecule has 3 nitrogen and oxygen atoms in total. The topological polar surface area (TPSA) is 54.7 Å². The number of aromatic nitrogens is 2. The Morgan fingerprint density at radius 2 is 1.74 bits per heavy atom. The van der Waals surface area contributed by atoms with Crippen LogP contribution in [-0.2, 0) is 10.8 Å². The molecular formula is C24H31N3. The quantitative estimate of drug-likeness (QED) is 0.548. The van der Waals surface area contributed by atoms with Crippen molar-refractivity contribution >= 4 is 16.7 Å². The lowest BCUT2D eigenvalue weighted by Crippen LogP contribution is -2.16. The summed E-state index contributed by atoms with van der Waals surface area (Å²) in [5.74, 6) is 1.56. The minimum atomic E-state index is 0.0675. The molecule has 0 saturated heterocycles. The molecule has 0 spiro atoms. The van der Waals surface area contributed by atoms with Gasteiger partial charge in [0, 0.05) is 11.3 Å². The summed E-state index contributed by atoms with van der Waals surface area (Å²) in [6.45, 7) is 15.7. The summed E-state index contributed by atoms with van der Waals surface area (Å²) in [7, 11) is 0. The molecule has 0 aliphatic heterocycles. The van der Waals surface area contributed by atoms with Gasteiger partial charge in [-0.3, -0.25) is 0 Å². The van der Waals surface area contributed by atoms with Gasteiger partial charge in [-0.15, -0.1) is 0 Å². The van der Waals surface area contributed by atoms with Gasteiger partial charge in [-0.25, -0.2) is 4.98 Å². The highest BCUT2D eigenvalue weighted by atomic mass is 14.9. The summed E-state index contributed by atoms with van der Waals surface area (Å²) in [5.41, 5.74) is 16.0. The fraction of sp³-hybridized carbons (Fsp3) is 0.458. The standard InChI is InChI=1S/C24H31N3/c1-13-8-19-20(9-14(13)2)27-22(26-19)21-17(24(7)12-15(24)3)10-16(11-18(21)25)23(4,5)6/h8-11,15H,12,25H2,1-7H3,(H,26,27). The second-order valence-corrected chi connectivity index (χ2v) is 9.80. The van der Waals surface area contributed by atoms with Gasteiger partial charge in [-0.1, -0.05) is 40.7 Å². The van der Waals surface area contributed by atoms with Crippen molar-refractivity contribution in [3.05, 3.63) is 46.5 Å². The van der Waals surface area contributed by atoms with Crippen LogP contribution in [0.15, 0.2) is 24.3 Å². The van der Waals surface area contributed by atoms with E-state index in [9.17, 15) is 0 Å². The number of hydrogen-bond acceptors (Lipinski definition) is 2. The van der Waals surface area contributed by atoms with Crippen LogP contribution in [0.5, 0.6) is 0 Å². The molecule has 0 radical (unpaired) electrons. The summed E-state index contributed by atoms with van der Waals surface area (Å²) in [6, 6.07) is 8.85. The van der Waals surface area contributed by atoms with Crippen LogP contribution in [0.25, 0.3) is 22.4 Å². The first kappa shape index (κ1) is 18.1. The van der Waals surface area contributed by atoms with E-state index in [4.69, 9.17) is 10.7 Å². The van der Waals surface area contributed by atoms with Crippen LogP contribution < -0.4 is 5.73 Å². The van der Waals surface area contributed by atoms with Gasteiger partial charge >= 0.3 is 0 Å². The van der Waals surface area contributed by atoms with Crippen molar-refractivity contribution in [3.63, 3.8) is 0 Å². The third-order valence-electron chi connectivity index (χ3n) is 6.64. The van der Waals surface area contributed by atoms with Gasteiger partial charge in [0.15, 0.2) is 0 Å². The smallest absolute Gasteiger partial charge is 0.140 e. The molecule has 1 saturated carbocycles. The monoisotopic (exact) mass is 361 g/mol. The van der Waals surface area contributed by atoms with E-state index >= 15 is 0 Å². The average molecular weight is 362 g/mol. The van der Waals surface area contributed by atoms with Crippen LogP contribution in [0.2, 0.25) is 0 Å². The number of hydrogen-bond donors (Lipinski definition) is 2. The zero-order chi connectivity index (χ0) is 19.7. The lowest BCUT2D eigenvalue weighted by molar-refractivity contribution is 0.587. The molecule has 4 rings (SSSR count). The van der Waals surface area contributed by atoms with E-state index in [0.717, 1.165) is 28.1 Å². The summed E-state index contributed by atoms with van der Waals surface area (Å²) >= 11 is 0. The number of benzene rings is 2. The maximum Gasteiger partial charge on any atom is 0.140 e. The number of rotatable bonds is 2. The van der Waals surface area contributed by atoms with E-state index in [0.29, 0.717) is 5.92 Å². The number of imidazole rings is 1. The number of fused-ring (bicyclic) bond motifs is 1. The van der Waals surface area contributed by atoms with Crippen LogP contribution in [0.1, 0.15) is 63.3 Å². The summed E-state index contributed by atoms with van der Waals surface area (Å²) in [6.07, 6.45) is 1.20. The summed E-state index contributed by atoms with van der Waals surface area (Å²) < 4.78 is 0. The maximum absolute atomic E-state index is 6.64. The van der Waals surface area contributed by atoms with E-state index in [1.165, 1.54) is 28.7 Å². The highest BCUT2D eigenvalue weighted by molar-refractivity contribution is 5.86. The number of aromatic amines is 1. The molecule has 1 fully saturated rings. The van der Waals surface area contributed by atoms with E-state index in [1.807, 2.05) is 0 Å². The Kier molecular flexibility index (Phi) is 3.76. The SMILES string of the molecule is Cc1cc2nc(-c3c(N)cc(C(C)(C)C)cc3C3(C)CC3C)[nH]c2cc1C. The predicted molar refractivity (Wildman–Crippen MR) is 115 cm³/mol. The van der Waals surface area contributed by atoms with Crippen molar-refractivity contribution in [2.45, 2.75) is 65.7 Å². The lowest BCUT2D eigenvalue weighted by atomic mass is 9.81. The van der Waals surface area contributed by atoms with Crippen LogP contribution in [-0.4, -0.2) is 9.97 Å². The predicted octanol–water partition coefficient (Wildman–Crippen LogP) is 6.02. The zero-order valence-electron chi connectivity index (χ0n) is 17.6. The van der Waals surface area contributed by atoms with Gasteiger partial charge in [-0.05, 0) is 77.5 Å². The summed E-state index contributed by atoms with van der Waals surface area (Å²) in [4.78, 5) is 8.47. The molecule has 0 amide bonds. The number of aryl methyl sites for hydroxylation is 2. The molecule has 3 N–H and O–H groups in total. The molecule has 1 aromatic heterocycles. The number of nitrogens with one attached hydrogen (secondary N) is 1. The van der Waals surface area contributed by atoms with Gasteiger partial charge in [0.1, 0.15) is 5.82 Å². The van der Waals surface area contributed by atoms with Crippen LogP contribution in [0, 0.1) is 19.8 Å². The van der Waals surface area contributed by atoms with E-state index < -0.39 is 0 Å². The first-order chi connectivity index (χ1) is 12.5. The van der Waals surface area contributed by atoms with Crippen molar-refractivity contribution in [3.8, 4) is 11.4 Å². The molecule has 0 bridgehead atoms. The van der Waals surface area contributed by atoms with Gasteiger partial charge < -0.3 is 10.7 Å². The highest BCUT2D eigenvalue weighted by Crippen LogP contribution is 2.57. The Balaban J connectivity index is 1.97. The molecular weight excluding hydrogens is 330 g/mol. The zero-order valence-corrected chi connectivity index (χ0v) is 17.6. The van der Waals surface area contributed by atoms with Crippen molar-refractivity contribution in [1.29, 1.82) is 0 Å². The Morgan fingerprint density at radius 1 is 1.11 bits per heavy atom. The molecule has 3 aromatic rings. The van der Waals surface area contributed by atoms with E-state index in [2.05, 4.69) is 77.7 Å². The van der Waals surface area contributed by atoms with Gasteiger partial charge in [0.05, 0.1) is 11.0 Å². The normalized spacial score (nSPS) is 22.4. The van der Waals surface area contributed by atoms with Crippen molar-refractivity contribution < 1.29 is 0 Å². The molecule has 1 aliphatic carbocycles. The molecule has 2 unspecified atom stereocenters. The number of nitrogens with zero attached hydrogens (tertiary/aromatic N) is 1. The minimum absolute atomic E-state index is 0.0675. The van der Waals surface area contributed by atoms with Crippen LogP contribution >= 0.6 is 0 Å². The molecule has 27 heavy (non-hydrogen) atoms. The Labute approximate surface area is 162 Å². The fourth-order valence-electron chi connectivity index (χ4n) is 4.15. The van der Waals surface area contributed by atoms with Crippen molar-refractivity contribution in [1.82, 2.24) is 9.97 Å². The second-order valence-electron chi connectivity index (χ2n) is 9.80. The lowest BCUT2D eigenvalue weighted by Gasteiger charge is -2.25. The first-order valence-electron chi connectivity index (χ1n) is 9.92. The van der Waals surface area contributed by atoms with Crippen LogP contribution in [0.3, 0.4) is 0 Å². The van der Waals surface area contributed by atoms with E-state index in [1.54, 1.807) is 0 Å². The third kappa shape index (κ3) is 2.84. The van der Waals surface area contributed by atoms with E-state index in [-0.39, 0.29) is 10.8 Å². The molecule has 1 aliphatic rings. The highest BCUT2D eigenvalue weighted by Gasteiger charge is 2.50. The number of anilines is 1. The number of H-pyrrole nitrogens is 1. The first-order valence-corrected chi connectivity index (χ1v) is 9.92. The van der Waals surface area contributed by atoms with Gasteiger partial charge in [0.25, 0.3) is 0 Å². The number of nitrogen functional groups attached to an aromatic ring is 1. The van der Waals surface area contributed by atoms with Crippen molar-refractivity contribution in [2.75, 3.05) is 5.73 Å². The third-order valence-corrected chi connectivity index (χ3v) is 6.64. The van der Waals surface area contributed by atoms with Crippen LogP contribution in [0.4, 0.5) is 5.69 Å². The molecule has 142 valence electrons. The Hall–Kier alpha value is -2.29. The fourth-order valence-corrected chi connectivity index (χ4v) is 4.15. The Morgan fingerprint density at radius 3 is 2.33 bits per heavy atom. The molecule has 3 heteroatoms. The number of nitrogens with two attached hydrogens (primary N) is 1. The Bertz CT molecular complexity index is 1010. The van der Waals surface area contributed by atoms with Gasteiger partial charge in [-0.2, -0.15) is 0 Å². The molecule has 2 atom stereocenters. The van der Waals surface area contributed by atoms with Gasteiger partial charge in [0.2, 0.25) is 0 Å².